The molecule has 0 spiro atoms. The molecule has 9 heteroatoms. The van der Waals surface area contributed by atoms with Gasteiger partial charge in [-0.3, -0.25) is 9.59 Å². The topological polar surface area (TPSA) is 122 Å². The zero-order chi connectivity index (χ0) is 20.8. The summed E-state index contributed by atoms with van der Waals surface area (Å²) in [6.07, 6.45) is -0.480. The highest BCUT2D eigenvalue weighted by atomic mass is 32.2. The second-order valence-corrected chi connectivity index (χ2v) is 9.08. The Morgan fingerprint density at radius 2 is 1.74 bits per heavy atom. The molecule has 1 aromatic rings. The van der Waals surface area contributed by atoms with E-state index < -0.39 is 46.0 Å². The van der Waals surface area contributed by atoms with Gasteiger partial charge in [-0.15, -0.1) is 0 Å². The fourth-order valence-corrected chi connectivity index (χ4v) is 3.29. The molecule has 0 saturated carbocycles. The van der Waals surface area contributed by atoms with E-state index in [1.54, 1.807) is 39.8 Å². The zero-order valence-electron chi connectivity index (χ0n) is 16.3. The van der Waals surface area contributed by atoms with Crippen LogP contribution in [0.1, 0.15) is 39.7 Å². The first-order valence-corrected chi connectivity index (χ1v) is 10.0. The third-order valence-corrected chi connectivity index (χ3v) is 4.89. The number of hydrogen-bond acceptors (Lipinski definition) is 6. The van der Waals surface area contributed by atoms with Crippen LogP contribution in [0, 0.1) is 6.92 Å². The number of rotatable bonds is 8. The lowest BCUT2D eigenvalue weighted by Crippen LogP contribution is -2.51. The van der Waals surface area contributed by atoms with Crippen molar-refractivity contribution in [3.63, 3.8) is 0 Å². The Morgan fingerprint density at radius 3 is 2.22 bits per heavy atom. The van der Waals surface area contributed by atoms with Crippen LogP contribution in [0.2, 0.25) is 0 Å². The Labute approximate surface area is 160 Å². The molecular formula is C18H28N2O6S. The number of nitrogens with one attached hydrogen (secondary N) is 2. The summed E-state index contributed by atoms with van der Waals surface area (Å²) in [5.41, 5.74) is 0.112. The number of ether oxygens (including phenoxy) is 1. The molecule has 27 heavy (non-hydrogen) atoms. The molecule has 2 unspecified atom stereocenters. The van der Waals surface area contributed by atoms with E-state index in [9.17, 15) is 18.0 Å². The maximum Gasteiger partial charge on any atom is 0.308 e. The lowest BCUT2D eigenvalue weighted by molar-refractivity contribution is -0.156. The van der Waals surface area contributed by atoms with Crippen molar-refractivity contribution in [1.82, 2.24) is 10.0 Å². The Kier molecular flexibility index (Phi) is 7.94. The van der Waals surface area contributed by atoms with E-state index in [0.29, 0.717) is 0 Å². The van der Waals surface area contributed by atoms with Crippen molar-refractivity contribution in [1.29, 1.82) is 0 Å². The highest BCUT2D eigenvalue weighted by Crippen LogP contribution is 2.13. The number of aliphatic hydroxyl groups is 1. The summed E-state index contributed by atoms with van der Waals surface area (Å²) in [5, 5.41) is 11.5. The molecule has 3 N–H and O–H groups in total. The van der Waals surface area contributed by atoms with Crippen LogP contribution in [0.3, 0.4) is 0 Å². The number of carbonyl (C=O) groups excluding carboxylic acids is 2. The van der Waals surface area contributed by atoms with E-state index in [-0.39, 0.29) is 11.5 Å². The molecule has 0 fully saturated rings. The van der Waals surface area contributed by atoms with Crippen molar-refractivity contribution in [3.05, 3.63) is 29.8 Å². The van der Waals surface area contributed by atoms with Gasteiger partial charge in [-0.1, -0.05) is 17.7 Å². The summed E-state index contributed by atoms with van der Waals surface area (Å²) in [7, 11) is -4.03. The number of aryl methyl sites for hydroxylation is 1. The van der Waals surface area contributed by atoms with Gasteiger partial charge >= 0.3 is 5.97 Å². The van der Waals surface area contributed by atoms with Crippen LogP contribution >= 0.6 is 0 Å². The van der Waals surface area contributed by atoms with Crippen LogP contribution in [-0.2, 0) is 24.3 Å². The van der Waals surface area contributed by atoms with Gasteiger partial charge in [-0.05, 0) is 46.8 Å². The van der Waals surface area contributed by atoms with Crippen molar-refractivity contribution >= 4 is 21.9 Å². The predicted molar refractivity (Wildman–Crippen MR) is 100 cm³/mol. The van der Waals surface area contributed by atoms with Gasteiger partial charge in [0, 0.05) is 6.04 Å². The SMILES string of the molecule is Cc1ccc(S(=O)(=O)NC(CC(=O)OC(C)(C)C)C(=O)NC(C)CO)cc1. The molecule has 0 aliphatic rings. The molecule has 0 heterocycles. The molecule has 0 bridgehead atoms. The third-order valence-electron chi connectivity index (χ3n) is 3.40. The van der Waals surface area contributed by atoms with Gasteiger partial charge in [0.05, 0.1) is 17.9 Å². The van der Waals surface area contributed by atoms with E-state index in [4.69, 9.17) is 9.84 Å². The molecule has 0 aliphatic carbocycles. The maximum atomic E-state index is 12.6. The standard InChI is InChI=1S/C18H28N2O6S/c1-12-6-8-14(9-7-12)27(24,25)20-15(17(23)19-13(2)11-21)10-16(22)26-18(3,4)5/h6-9,13,15,20-21H,10-11H2,1-5H3,(H,19,23). The zero-order valence-corrected chi connectivity index (χ0v) is 17.1. The number of benzene rings is 1. The van der Waals surface area contributed by atoms with Gasteiger partial charge in [0.15, 0.2) is 0 Å². The van der Waals surface area contributed by atoms with Gasteiger partial charge in [-0.25, -0.2) is 8.42 Å². The quantitative estimate of drug-likeness (QED) is 0.557. The average Bonchev–Trinajstić information content (AvgIpc) is 2.52. The minimum absolute atomic E-state index is 0.0229. The molecule has 152 valence electrons. The van der Waals surface area contributed by atoms with E-state index in [1.165, 1.54) is 12.1 Å². The third kappa shape index (κ3) is 8.06. The monoisotopic (exact) mass is 400 g/mol. The van der Waals surface area contributed by atoms with Crippen LogP contribution < -0.4 is 10.0 Å². The van der Waals surface area contributed by atoms with Gasteiger partial charge in [0.2, 0.25) is 15.9 Å². The molecule has 1 aromatic carbocycles. The minimum Gasteiger partial charge on any atom is -0.460 e. The van der Waals surface area contributed by atoms with Gasteiger partial charge < -0.3 is 15.2 Å². The highest BCUT2D eigenvalue weighted by molar-refractivity contribution is 7.89. The summed E-state index contributed by atoms with van der Waals surface area (Å²) >= 11 is 0. The summed E-state index contributed by atoms with van der Waals surface area (Å²) < 4.78 is 32.6. The molecule has 8 nitrogen and oxygen atoms in total. The largest absolute Gasteiger partial charge is 0.460 e. The summed E-state index contributed by atoms with van der Waals surface area (Å²) in [4.78, 5) is 24.5. The number of carbonyl (C=O) groups is 2. The summed E-state index contributed by atoms with van der Waals surface area (Å²) in [5.74, 6) is -1.44. The number of aliphatic hydroxyl groups excluding tert-OH is 1. The van der Waals surface area contributed by atoms with Crippen LogP contribution in [0.15, 0.2) is 29.2 Å². The Hall–Kier alpha value is -1.97. The predicted octanol–water partition coefficient (Wildman–Crippen LogP) is 0.871. The molecule has 2 atom stereocenters. The van der Waals surface area contributed by atoms with E-state index in [1.807, 2.05) is 6.92 Å². The van der Waals surface area contributed by atoms with Gasteiger partial charge in [-0.2, -0.15) is 4.72 Å². The molecule has 0 aromatic heterocycles. The molecule has 0 aliphatic heterocycles. The van der Waals surface area contributed by atoms with Gasteiger partial charge in [0.1, 0.15) is 11.6 Å². The van der Waals surface area contributed by atoms with Crippen LogP contribution in [0.5, 0.6) is 0 Å². The number of sulfonamides is 1. The van der Waals surface area contributed by atoms with Crippen LogP contribution in [-0.4, -0.2) is 49.7 Å². The first-order chi connectivity index (χ1) is 12.3. The van der Waals surface area contributed by atoms with Crippen LogP contribution in [0.4, 0.5) is 0 Å². The Bertz CT molecular complexity index is 753. The van der Waals surface area contributed by atoms with Crippen molar-refractivity contribution in [2.45, 2.75) is 63.6 Å². The minimum atomic E-state index is -4.03. The molecular weight excluding hydrogens is 372 g/mol. The number of esters is 1. The lowest BCUT2D eigenvalue weighted by atomic mass is 10.1. The molecule has 1 amide bonds. The molecule has 0 saturated heterocycles. The lowest BCUT2D eigenvalue weighted by Gasteiger charge is -2.23. The first-order valence-electron chi connectivity index (χ1n) is 8.56. The van der Waals surface area contributed by atoms with Gasteiger partial charge in [0.25, 0.3) is 0 Å². The number of hydrogen-bond donors (Lipinski definition) is 3. The van der Waals surface area contributed by atoms with E-state index in [2.05, 4.69) is 10.0 Å². The molecule has 0 radical (unpaired) electrons. The van der Waals surface area contributed by atoms with Crippen molar-refractivity contribution in [2.75, 3.05) is 6.61 Å². The normalized spacial score (nSPS) is 14.3. The average molecular weight is 400 g/mol. The van der Waals surface area contributed by atoms with Crippen molar-refractivity contribution in [2.24, 2.45) is 0 Å². The van der Waals surface area contributed by atoms with Crippen LogP contribution in [0.25, 0.3) is 0 Å². The van der Waals surface area contributed by atoms with E-state index >= 15 is 0 Å². The fourth-order valence-electron chi connectivity index (χ4n) is 2.10. The second kappa shape index (κ2) is 9.29. The fraction of sp³-hybridized carbons (Fsp3) is 0.556. The first kappa shape index (κ1) is 23.1. The van der Waals surface area contributed by atoms with E-state index in [0.717, 1.165) is 5.56 Å². The second-order valence-electron chi connectivity index (χ2n) is 7.37. The summed E-state index contributed by atoms with van der Waals surface area (Å²) in [6.45, 7) is 8.06. The smallest absolute Gasteiger partial charge is 0.308 e. The van der Waals surface area contributed by atoms with Crippen molar-refractivity contribution < 1.29 is 27.9 Å². The number of amides is 1. The highest BCUT2D eigenvalue weighted by Gasteiger charge is 2.30. The summed E-state index contributed by atoms with van der Waals surface area (Å²) in [6, 6.07) is 4.12. The molecule has 1 rings (SSSR count). The maximum absolute atomic E-state index is 12.6. The Morgan fingerprint density at radius 1 is 1.19 bits per heavy atom. The van der Waals surface area contributed by atoms with Crippen molar-refractivity contribution in [3.8, 4) is 0 Å². The Balaban J connectivity index is 3.03.